The van der Waals surface area contributed by atoms with Crippen LogP contribution in [-0.2, 0) is 16.1 Å². The highest BCUT2D eigenvalue weighted by molar-refractivity contribution is 6.27. The number of rotatable bonds is 4. The first-order chi connectivity index (χ1) is 10.1. The summed E-state index contributed by atoms with van der Waals surface area (Å²) in [6.07, 6.45) is 0.410. The Hall–Kier alpha value is -1.75. The van der Waals surface area contributed by atoms with Crippen LogP contribution in [0.5, 0.6) is 0 Å². The van der Waals surface area contributed by atoms with Gasteiger partial charge >= 0.3 is 6.09 Å². The van der Waals surface area contributed by atoms with Gasteiger partial charge in [0.25, 0.3) is 0 Å². The minimum absolute atomic E-state index is 0.0144. The van der Waals surface area contributed by atoms with Crippen LogP contribution in [0.3, 0.4) is 0 Å². The molecule has 5 nitrogen and oxygen atoms in total. The van der Waals surface area contributed by atoms with E-state index in [0.717, 1.165) is 12.0 Å². The van der Waals surface area contributed by atoms with Crippen molar-refractivity contribution in [2.24, 2.45) is 0 Å². The van der Waals surface area contributed by atoms with Crippen molar-refractivity contribution >= 4 is 23.6 Å². The Labute approximate surface area is 129 Å². The summed E-state index contributed by atoms with van der Waals surface area (Å²) in [7, 11) is 1.72. The lowest BCUT2D eigenvalue weighted by atomic mass is 10.2. The van der Waals surface area contributed by atoms with Gasteiger partial charge in [-0.05, 0) is 12.0 Å². The molecule has 2 amide bonds. The number of carbonyl (C=O) groups is 2. The molecule has 0 aromatic heterocycles. The number of likely N-dealkylation sites (N-methyl/N-ethyl adjacent to an activating group) is 1. The molecule has 1 fully saturated rings. The molecule has 0 spiro atoms. The lowest BCUT2D eigenvalue weighted by Crippen LogP contribution is -2.40. The van der Waals surface area contributed by atoms with E-state index in [1.54, 1.807) is 16.8 Å². The first-order valence-corrected chi connectivity index (χ1v) is 7.42. The summed E-state index contributed by atoms with van der Waals surface area (Å²) in [6.45, 7) is 1.35. The van der Waals surface area contributed by atoms with E-state index >= 15 is 0 Å². The zero-order chi connectivity index (χ0) is 15.2. The zero-order valence-electron chi connectivity index (χ0n) is 12.0. The van der Waals surface area contributed by atoms with Gasteiger partial charge in [0.2, 0.25) is 5.91 Å². The Morgan fingerprint density at radius 1 is 1.38 bits per heavy atom. The minimum Gasteiger partial charge on any atom is -0.445 e. The molecule has 1 aromatic carbocycles. The minimum atomic E-state index is -0.340. The molecule has 1 aromatic rings. The zero-order valence-corrected chi connectivity index (χ0v) is 12.8. The molecule has 1 aliphatic rings. The Balaban J connectivity index is 1.81. The van der Waals surface area contributed by atoms with Gasteiger partial charge < -0.3 is 14.5 Å². The molecular weight excluding hydrogens is 292 g/mol. The second-order valence-electron chi connectivity index (χ2n) is 5.07. The number of halogens is 1. The maximum Gasteiger partial charge on any atom is 0.410 e. The second kappa shape index (κ2) is 7.31. The summed E-state index contributed by atoms with van der Waals surface area (Å²) in [6, 6.07) is 9.56. The van der Waals surface area contributed by atoms with Gasteiger partial charge in [0.05, 0.1) is 6.04 Å². The van der Waals surface area contributed by atoms with Crippen molar-refractivity contribution in [3.63, 3.8) is 0 Å². The molecule has 0 unspecified atom stereocenters. The number of likely N-dealkylation sites (tertiary alicyclic amines) is 1. The number of hydrogen-bond acceptors (Lipinski definition) is 3. The lowest BCUT2D eigenvalue weighted by Gasteiger charge is -2.24. The highest BCUT2D eigenvalue weighted by Crippen LogP contribution is 2.16. The van der Waals surface area contributed by atoms with E-state index < -0.39 is 0 Å². The van der Waals surface area contributed by atoms with E-state index in [1.807, 2.05) is 30.3 Å². The van der Waals surface area contributed by atoms with Gasteiger partial charge in [0.1, 0.15) is 12.5 Å². The first kappa shape index (κ1) is 15.6. The summed E-state index contributed by atoms with van der Waals surface area (Å²) >= 11 is 5.55. The van der Waals surface area contributed by atoms with Crippen molar-refractivity contribution in [2.45, 2.75) is 19.1 Å². The fourth-order valence-corrected chi connectivity index (χ4v) is 2.52. The van der Waals surface area contributed by atoms with Crippen molar-refractivity contribution in [1.29, 1.82) is 0 Å². The van der Waals surface area contributed by atoms with Crippen molar-refractivity contribution in [3.05, 3.63) is 35.9 Å². The van der Waals surface area contributed by atoms with E-state index in [1.165, 1.54) is 0 Å². The van der Waals surface area contributed by atoms with Gasteiger partial charge in [-0.1, -0.05) is 30.3 Å². The average molecular weight is 311 g/mol. The summed E-state index contributed by atoms with van der Waals surface area (Å²) < 4.78 is 5.28. The topological polar surface area (TPSA) is 49.9 Å². The third kappa shape index (κ3) is 4.11. The fourth-order valence-electron chi connectivity index (χ4n) is 2.33. The van der Waals surface area contributed by atoms with Crippen molar-refractivity contribution < 1.29 is 14.3 Å². The van der Waals surface area contributed by atoms with Crippen LogP contribution >= 0.6 is 11.6 Å². The van der Waals surface area contributed by atoms with Crippen LogP contribution in [0.1, 0.15) is 12.0 Å². The largest absolute Gasteiger partial charge is 0.445 e. The second-order valence-corrected chi connectivity index (χ2v) is 5.33. The Morgan fingerprint density at radius 3 is 2.76 bits per heavy atom. The Kier molecular flexibility index (Phi) is 5.44. The lowest BCUT2D eigenvalue weighted by molar-refractivity contribution is -0.129. The van der Waals surface area contributed by atoms with E-state index in [2.05, 4.69) is 0 Å². The highest BCUT2D eigenvalue weighted by Gasteiger charge is 2.31. The van der Waals surface area contributed by atoms with Crippen LogP contribution in [0.15, 0.2) is 30.3 Å². The third-order valence-electron chi connectivity index (χ3n) is 3.68. The van der Waals surface area contributed by atoms with Gasteiger partial charge in [-0.3, -0.25) is 4.79 Å². The monoisotopic (exact) mass is 310 g/mol. The molecule has 0 bridgehead atoms. The maximum absolute atomic E-state index is 12.0. The van der Waals surface area contributed by atoms with Crippen molar-refractivity contribution in [1.82, 2.24) is 9.80 Å². The van der Waals surface area contributed by atoms with Gasteiger partial charge in [-0.25, -0.2) is 4.79 Å². The molecule has 21 heavy (non-hydrogen) atoms. The molecule has 0 aliphatic carbocycles. The number of carbonyl (C=O) groups excluding carboxylic acids is 2. The normalized spacial score (nSPS) is 17.6. The Bertz CT molecular complexity index is 495. The fraction of sp³-hybridized carbons (Fsp3) is 0.467. The van der Waals surface area contributed by atoms with Crippen LogP contribution in [0.4, 0.5) is 4.79 Å². The molecular formula is C15H19ClN2O3. The maximum atomic E-state index is 12.0. The number of ether oxygens (including phenoxy) is 1. The van der Waals surface area contributed by atoms with Gasteiger partial charge in [-0.2, -0.15) is 0 Å². The molecule has 6 heteroatoms. The number of amides is 2. The van der Waals surface area contributed by atoms with Crippen LogP contribution in [0.2, 0.25) is 0 Å². The number of benzene rings is 1. The molecule has 1 atom stereocenters. The number of alkyl halides is 1. The van der Waals surface area contributed by atoms with E-state index in [9.17, 15) is 9.59 Å². The predicted molar refractivity (Wildman–Crippen MR) is 80.1 cm³/mol. The van der Waals surface area contributed by atoms with Crippen LogP contribution in [-0.4, -0.2) is 53.9 Å². The summed E-state index contributed by atoms with van der Waals surface area (Å²) in [4.78, 5) is 26.8. The van der Waals surface area contributed by atoms with Gasteiger partial charge in [-0.15, -0.1) is 11.6 Å². The van der Waals surface area contributed by atoms with E-state index in [4.69, 9.17) is 16.3 Å². The molecule has 1 heterocycles. The SMILES string of the molecule is CN(C(=O)CCl)[C@@H]1CCN(C(=O)OCc2ccccc2)C1. The molecule has 0 saturated carbocycles. The molecule has 0 radical (unpaired) electrons. The van der Waals surface area contributed by atoms with E-state index in [-0.39, 0.29) is 30.5 Å². The van der Waals surface area contributed by atoms with Crippen LogP contribution < -0.4 is 0 Å². The number of hydrogen-bond donors (Lipinski definition) is 0. The summed E-state index contributed by atoms with van der Waals surface area (Å²) in [5.41, 5.74) is 0.955. The van der Waals surface area contributed by atoms with Gasteiger partial charge in [0, 0.05) is 20.1 Å². The highest BCUT2D eigenvalue weighted by atomic mass is 35.5. The molecule has 2 rings (SSSR count). The van der Waals surface area contributed by atoms with Crippen LogP contribution in [0.25, 0.3) is 0 Å². The molecule has 1 saturated heterocycles. The Morgan fingerprint density at radius 2 is 2.10 bits per heavy atom. The molecule has 0 N–H and O–H groups in total. The van der Waals surface area contributed by atoms with Gasteiger partial charge in [0.15, 0.2) is 0 Å². The van der Waals surface area contributed by atoms with Crippen LogP contribution in [0, 0.1) is 0 Å². The average Bonchev–Trinajstić information content (AvgIpc) is 3.02. The summed E-state index contributed by atoms with van der Waals surface area (Å²) in [5.74, 6) is -0.160. The van der Waals surface area contributed by atoms with Crippen molar-refractivity contribution in [3.8, 4) is 0 Å². The first-order valence-electron chi connectivity index (χ1n) is 6.89. The smallest absolute Gasteiger partial charge is 0.410 e. The molecule has 114 valence electrons. The summed E-state index contributed by atoms with van der Waals surface area (Å²) in [5, 5.41) is 0. The molecule has 1 aliphatic heterocycles. The third-order valence-corrected chi connectivity index (χ3v) is 3.91. The van der Waals surface area contributed by atoms with Crippen molar-refractivity contribution in [2.75, 3.05) is 26.0 Å². The standard InChI is InChI=1S/C15H19ClN2O3/c1-17(14(19)9-16)13-7-8-18(10-13)15(20)21-11-12-5-3-2-4-6-12/h2-6,13H,7-11H2,1H3/t13-/m1/s1. The quantitative estimate of drug-likeness (QED) is 0.800. The number of nitrogens with zero attached hydrogens (tertiary/aromatic N) is 2. The van der Waals surface area contributed by atoms with E-state index in [0.29, 0.717) is 13.1 Å². The predicted octanol–water partition coefficient (Wildman–Crippen LogP) is 2.09.